The minimum absolute atomic E-state index is 0.160. The third-order valence-corrected chi connectivity index (χ3v) is 4.57. The molecule has 2 heterocycles. The van der Waals surface area contributed by atoms with E-state index < -0.39 is 0 Å². The van der Waals surface area contributed by atoms with Gasteiger partial charge in [0.15, 0.2) is 0 Å². The van der Waals surface area contributed by atoms with Crippen molar-refractivity contribution in [2.45, 2.75) is 20.0 Å². The van der Waals surface area contributed by atoms with Crippen molar-refractivity contribution in [2.75, 3.05) is 7.05 Å². The maximum absolute atomic E-state index is 12.2. The fourth-order valence-corrected chi connectivity index (χ4v) is 3.00. The Balaban J connectivity index is 1.55. The smallest absolute Gasteiger partial charge is 0.317 e. The second kappa shape index (κ2) is 7.27. The highest BCUT2D eigenvalue weighted by Crippen LogP contribution is 2.22. The maximum Gasteiger partial charge on any atom is 0.317 e. The molecule has 0 fully saturated rings. The monoisotopic (exact) mass is 342 g/mol. The number of aromatic nitrogens is 2. The number of aryl methyl sites for hydroxylation is 1. The van der Waals surface area contributed by atoms with Crippen LogP contribution in [0.2, 0.25) is 0 Å². The van der Waals surface area contributed by atoms with Crippen LogP contribution in [0.4, 0.5) is 4.79 Å². The van der Waals surface area contributed by atoms with Crippen molar-refractivity contribution in [3.05, 3.63) is 59.0 Å². The molecule has 124 valence electrons. The predicted molar refractivity (Wildman–Crippen MR) is 92.5 cm³/mol. The Morgan fingerprint density at radius 3 is 2.75 bits per heavy atom. The van der Waals surface area contributed by atoms with Gasteiger partial charge in [-0.1, -0.05) is 41.7 Å². The highest BCUT2D eigenvalue weighted by atomic mass is 32.1. The fourth-order valence-electron chi connectivity index (χ4n) is 2.21. The molecule has 6 nitrogen and oxygen atoms in total. The van der Waals surface area contributed by atoms with E-state index in [9.17, 15) is 4.79 Å². The van der Waals surface area contributed by atoms with Gasteiger partial charge in [-0.3, -0.25) is 0 Å². The van der Waals surface area contributed by atoms with Crippen molar-refractivity contribution in [3.63, 3.8) is 0 Å². The van der Waals surface area contributed by atoms with Gasteiger partial charge in [0.25, 0.3) is 0 Å². The zero-order valence-corrected chi connectivity index (χ0v) is 14.3. The summed E-state index contributed by atoms with van der Waals surface area (Å²) in [6, 6.07) is 11.6. The normalized spacial score (nSPS) is 10.6. The molecule has 2 aromatic heterocycles. The maximum atomic E-state index is 12.2. The zero-order valence-electron chi connectivity index (χ0n) is 13.5. The van der Waals surface area contributed by atoms with E-state index in [1.807, 2.05) is 43.3 Å². The van der Waals surface area contributed by atoms with Crippen molar-refractivity contribution in [1.82, 2.24) is 20.4 Å². The Morgan fingerprint density at radius 1 is 1.25 bits per heavy atom. The van der Waals surface area contributed by atoms with Crippen LogP contribution >= 0.6 is 11.3 Å². The molecule has 3 aromatic rings. The molecule has 24 heavy (non-hydrogen) atoms. The van der Waals surface area contributed by atoms with Crippen LogP contribution in [0.1, 0.15) is 16.3 Å². The largest absolute Gasteiger partial charge is 0.469 e. The summed E-state index contributed by atoms with van der Waals surface area (Å²) in [7, 11) is 1.75. The second-order valence-electron chi connectivity index (χ2n) is 5.38. The summed E-state index contributed by atoms with van der Waals surface area (Å²) in [6.07, 6.45) is 1.63. The molecule has 0 aliphatic carbocycles. The first-order chi connectivity index (χ1) is 11.6. The number of furan rings is 1. The highest BCUT2D eigenvalue weighted by molar-refractivity contribution is 7.14. The van der Waals surface area contributed by atoms with Crippen LogP contribution in [0.25, 0.3) is 10.6 Å². The van der Waals surface area contributed by atoms with E-state index in [0.717, 1.165) is 26.9 Å². The molecule has 7 heteroatoms. The number of hydrogen-bond donors (Lipinski definition) is 1. The Kier molecular flexibility index (Phi) is 4.90. The minimum Gasteiger partial charge on any atom is -0.469 e. The summed E-state index contributed by atoms with van der Waals surface area (Å²) in [4.78, 5) is 13.8. The second-order valence-corrected chi connectivity index (χ2v) is 6.45. The number of urea groups is 1. The lowest BCUT2D eigenvalue weighted by molar-refractivity contribution is 0.206. The van der Waals surface area contributed by atoms with E-state index in [1.54, 1.807) is 18.2 Å². The third kappa shape index (κ3) is 3.80. The summed E-state index contributed by atoms with van der Waals surface area (Å²) in [5.74, 6) is 0.825. The van der Waals surface area contributed by atoms with E-state index in [0.29, 0.717) is 13.1 Å². The average Bonchev–Trinajstić information content (AvgIpc) is 3.23. The van der Waals surface area contributed by atoms with Crippen LogP contribution in [-0.4, -0.2) is 28.2 Å². The number of hydrogen-bond acceptors (Lipinski definition) is 5. The molecule has 0 saturated carbocycles. The van der Waals surface area contributed by atoms with E-state index in [1.165, 1.54) is 11.3 Å². The Labute approximate surface area is 144 Å². The van der Waals surface area contributed by atoms with Crippen molar-refractivity contribution in [2.24, 2.45) is 0 Å². The molecular weight excluding hydrogens is 324 g/mol. The van der Waals surface area contributed by atoms with Crippen molar-refractivity contribution in [1.29, 1.82) is 0 Å². The van der Waals surface area contributed by atoms with Gasteiger partial charge in [-0.2, -0.15) is 0 Å². The Hall–Kier alpha value is -2.67. The predicted octanol–water partition coefficient (Wildman–Crippen LogP) is 3.45. The number of benzene rings is 1. The molecule has 0 saturated heterocycles. The number of nitrogens with zero attached hydrogens (tertiary/aromatic N) is 3. The van der Waals surface area contributed by atoms with Gasteiger partial charge in [0.1, 0.15) is 15.8 Å². The lowest BCUT2D eigenvalue weighted by Crippen LogP contribution is -2.36. The fraction of sp³-hybridized carbons (Fsp3) is 0.235. The molecule has 0 aliphatic heterocycles. The van der Waals surface area contributed by atoms with E-state index >= 15 is 0 Å². The summed E-state index contributed by atoms with van der Waals surface area (Å²) in [5.41, 5.74) is 2.02. The summed E-state index contributed by atoms with van der Waals surface area (Å²) >= 11 is 1.48. The molecule has 0 atom stereocenters. The van der Waals surface area contributed by atoms with Crippen LogP contribution in [-0.2, 0) is 13.1 Å². The average molecular weight is 342 g/mol. The summed E-state index contributed by atoms with van der Waals surface area (Å²) < 4.78 is 5.24. The highest BCUT2D eigenvalue weighted by Gasteiger charge is 2.13. The topological polar surface area (TPSA) is 71.3 Å². The molecule has 0 aliphatic rings. The first-order valence-electron chi connectivity index (χ1n) is 7.53. The summed E-state index contributed by atoms with van der Waals surface area (Å²) in [5, 5.41) is 12.8. The molecule has 2 amide bonds. The quantitative estimate of drug-likeness (QED) is 0.771. The molecule has 0 unspecified atom stereocenters. The third-order valence-electron chi connectivity index (χ3n) is 3.60. The molecule has 0 radical (unpaired) electrons. The van der Waals surface area contributed by atoms with Crippen LogP contribution < -0.4 is 5.32 Å². The Bertz CT molecular complexity index is 813. The van der Waals surface area contributed by atoms with Crippen LogP contribution in [0.15, 0.2) is 47.1 Å². The number of amides is 2. The lowest BCUT2D eigenvalue weighted by Gasteiger charge is -2.17. The van der Waals surface area contributed by atoms with E-state index in [4.69, 9.17) is 4.42 Å². The van der Waals surface area contributed by atoms with E-state index in [2.05, 4.69) is 15.5 Å². The van der Waals surface area contributed by atoms with Gasteiger partial charge in [-0.15, -0.1) is 10.2 Å². The first-order valence-corrected chi connectivity index (χ1v) is 8.35. The van der Waals surface area contributed by atoms with Gasteiger partial charge in [-0.25, -0.2) is 4.79 Å². The molecule has 3 rings (SSSR count). The van der Waals surface area contributed by atoms with Gasteiger partial charge in [0.2, 0.25) is 0 Å². The number of carbonyl (C=O) groups is 1. The van der Waals surface area contributed by atoms with Gasteiger partial charge in [-0.05, 0) is 13.0 Å². The standard InChI is InChI=1S/C17H18N4O2S/c1-12-14(8-9-23-12)11-21(2)17(22)18-10-15-19-20-16(24-15)13-6-4-3-5-7-13/h3-9H,10-11H2,1-2H3,(H,18,22). The molecule has 1 aromatic carbocycles. The van der Waals surface area contributed by atoms with Crippen LogP contribution in [0.5, 0.6) is 0 Å². The van der Waals surface area contributed by atoms with Crippen molar-refractivity contribution < 1.29 is 9.21 Å². The van der Waals surface area contributed by atoms with E-state index in [-0.39, 0.29) is 6.03 Å². The van der Waals surface area contributed by atoms with Crippen LogP contribution in [0, 0.1) is 6.92 Å². The first kappa shape index (κ1) is 16.2. The zero-order chi connectivity index (χ0) is 16.9. The van der Waals surface area contributed by atoms with Gasteiger partial charge < -0.3 is 14.6 Å². The van der Waals surface area contributed by atoms with Crippen LogP contribution in [0.3, 0.4) is 0 Å². The molecule has 0 spiro atoms. The minimum atomic E-state index is -0.160. The molecule has 1 N–H and O–H groups in total. The van der Waals surface area contributed by atoms with Crippen molar-refractivity contribution >= 4 is 17.4 Å². The number of carbonyl (C=O) groups excluding carboxylic acids is 1. The van der Waals surface area contributed by atoms with Gasteiger partial charge in [0.05, 0.1) is 19.4 Å². The van der Waals surface area contributed by atoms with Gasteiger partial charge >= 0.3 is 6.03 Å². The van der Waals surface area contributed by atoms with Gasteiger partial charge in [0, 0.05) is 18.2 Å². The molecule has 0 bridgehead atoms. The summed E-state index contributed by atoms with van der Waals surface area (Å²) in [6.45, 7) is 2.74. The number of rotatable bonds is 5. The Morgan fingerprint density at radius 2 is 2.04 bits per heavy atom. The lowest BCUT2D eigenvalue weighted by atomic mass is 10.2. The molecular formula is C17H18N4O2S. The SMILES string of the molecule is Cc1occc1CN(C)C(=O)NCc1nnc(-c2ccccc2)s1. The number of nitrogens with one attached hydrogen (secondary N) is 1. The van der Waals surface area contributed by atoms with Crippen molar-refractivity contribution in [3.8, 4) is 10.6 Å².